The number of benzene rings is 2. The van der Waals surface area contributed by atoms with Gasteiger partial charge in [0.05, 0.1) is 11.9 Å². The van der Waals surface area contributed by atoms with Gasteiger partial charge < -0.3 is 9.80 Å². The van der Waals surface area contributed by atoms with E-state index in [4.69, 9.17) is 4.98 Å². The highest BCUT2D eigenvalue weighted by atomic mass is 79.9. The van der Waals surface area contributed by atoms with Crippen molar-refractivity contribution < 1.29 is 4.79 Å². The normalized spacial score (nSPS) is 14.5. The second-order valence-corrected chi connectivity index (χ2v) is 8.36. The van der Waals surface area contributed by atoms with Crippen molar-refractivity contribution in [3.05, 3.63) is 69.7 Å². The van der Waals surface area contributed by atoms with E-state index in [1.54, 1.807) is 0 Å². The van der Waals surface area contributed by atoms with Crippen LogP contribution in [-0.2, 0) is 11.2 Å². The number of amides is 1. The molecule has 0 unspecified atom stereocenters. The molecule has 3 aromatic rings. The predicted octanol–water partition coefficient (Wildman–Crippen LogP) is 4.51. The summed E-state index contributed by atoms with van der Waals surface area (Å²) >= 11 is 3.43. The molecule has 0 aliphatic carbocycles. The number of hydrogen-bond donors (Lipinski definition) is 0. The van der Waals surface area contributed by atoms with E-state index in [0.717, 1.165) is 47.5 Å². The minimum atomic E-state index is 0.195. The van der Waals surface area contributed by atoms with Gasteiger partial charge in [0, 0.05) is 36.0 Å². The third-order valence-corrected chi connectivity index (χ3v) is 5.99. The molecule has 1 aliphatic heterocycles. The Morgan fingerprint density at radius 2 is 1.71 bits per heavy atom. The Kier molecular flexibility index (Phi) is 5.36. The molecule has 0 N–H and O–H groups in total. The van der Waals surface area contributed by atoms with Crippen LogP contribution in [-0.4, -0.2) is 42.0 Å². The molecule has 2 aromatic carbocycles. The molecule has 0 spiro atoms. The summed E-state index contributed by atoms with van der Waals surface area (Å²) in [6.45, 7) is 7.36. The molecule has 0 saturated carbocycles. The number of para-hydroxylation sites is 1. The molecule has 5 heteroatoms. The third kappa shape index (κ3) is 3.90. The Hall–Kier alpha value is -2.40. The van der Waals surface area contributed by atoms with Crippen molar-refractivity contribution in [2.24, 2.45) is 0 Å². The molecular weight excluding hydrogens is 414 g/mol. The number of nitrogens with zero attached hydrogens (tertiary/aromatic N) is 3. The summed E-state index contributed by atoms with van der Waals surface area (Å²) in [7, 11) is 0. The van der Waals surface area contributed by atoms with Crippen LogP contribution in [0.5, 0.6) is 0 Å². The van der Waals surface area contributed by atoms with Gasteiger partial charge in [-0.25, -0.2) is 4.98 Å². The van der Waals surface area contributed by atoms with Gasteiger partial charge >= 0.3 is 0 Å². The first kappa shape index (κ1) is 18.9. The van der Waals surface area contributed by atoms with E-state index in [2.05, 4.69) is 58.9 Å². The van der Waals surface area contributed by atoms with Crippen LogP contribution in [0, 0.1) is 13.8 Å². The van der Waals surface area contributed by atoms with Gasteiger partial charge in [-0.05, 0) is 48.7 Å². The zero-order valence-electron chi connectivity index (χ0n) is 16.3. The minimum Gasteiger partial charge on any atom is -0.353 e. The Labute approximate surface area is 174 Å². The highest BCUT2D eigenvalue weighted by Crippen LogP contribution is 2.25. The maximum atomic E-state index is 12.6. The number of halogens is 1. The Morgan fingerprint density at radius 3 is 2.43 bits per heavy atom. The molecule has 1 aromatic heterocycles. The van der Waals surface area contributed by atoms with E-state index in [0.29, 0.717) is 6.42 Å². The molecule has 4 rings (SSSR count). The average Bonchev–Trinajstić information content (AvgIpc) is 2.70. The van der Waals surface area contributed by atoms with Gasteiger partial charge in [0.1, 0.15) is 5.82 Å². The van der Waals surface area contributed by atoms with E-state index < -0.39 is 0 Å². The summed E-state index contributed by atoms with van der Waals surface area (Å²) in [4.78, 5) is 21.8. The maximum Gasteiger partial charge on any atom is 0.227 e. The molecule has 1 fully saturated rings. The number of fused-ring (bicyclic) bond motifs is 1. The lowest BCUT2D eigenvalue weighted by Gasteiger charge is -2.35. The van der Waals surface area contributed by atoms with Crippen molar-refractivity contribution >= 4 is 38.6 Å². The minimum absolute atomic E-state index is 0.195. The van der Waals surface area contributed by atoms with Gasteiger partial charge in [0.15, 0.2) is 0 Å². The lowest BCUT2D eigenvalue weighted by molar-refractivity contribution is -0.130. The highest BCUT2D eigenvalue weighted by Gasteiger charge is 2.22. The monoisotopic (exact) mass is 437 g/mol. The summed E-state index contributed by atoms with van der Waals surface area (Å²) in [5.74, 6) is 1.21. The van der Waals surface area contributed by atoms with Crippen LogP contribution < -0.4 is 4.90 Å². The number of aryl methyl sites for hydroxylation is 2. The molecule has 2 heterocycles. The van der Waals surface area contributed by atoms with E-state index in [9.17, 15) is 4.79 Å². The zero-order chi connectivity index (χ0) is 19.7. The molecule has 4 nitrogen and oxygen atoms in total. The lowest BCUT2D eigenvalue weighted by atomic mass is 10.1. The third-order valence-electron chi connectivity index (χ3n) is 5.46. The maximum absolute atomic E-state index is 12.6. The summed E-state index contributed by atoms with van der Waals surface area (Å²) in [6.07, 6.45) is 0.458. The van der Waals surface area contributed by atoms with Crippen LogP contribution in [0.2, 0.25) is 0 Å². The standard InChI is InChI=1S/C23H24BrN3O/c1-16-4-3-5-20-17(2)14-21(25-23(16)20)26-10-12-27(13-11-26)22(28)15-18-6-8-19(24)9-7-18/h3-9,14H,10-13,15H2,1-2H3. The molecule has 1 aliphatic rings. The number of carbonyl (C=O) groups excluding carboxylic acids is 1. The second-order valence-electron chi connectivity index (χ2n) is 7.44. The Morgan fingerprint density at radius 1 is 1.00 bits per heavy atom. The molecule has 1 amide bonds. The van der Waals surface area contributed by atoms with Gasteiger partial charge in [0.2, 0.25) is 5.91 Å². The van der Waals surface area contributed by atoms with Gasteiger partial charge in [-0.2, -0.15) is 0 Å². The first-order valence-electron chi connectivity index (χ1n) is 9.65. The molecule has 0 radical (unpaired) electrons. The van der Waals surface area contributed by atoms with Crippen molar-refractivity contribution in [3.63, 3.8) is 0 Å². The largest absolute Gasteiger partial charge is 0.353 e. The lowest BCUT2D eigenvalue weighted by Crippen LogP contribution is -2.49. The second kappa shape index (κ2) is 7.92. The van der Waals surface area contributed by atoms with Crippen LogP contribution in [0.25, 0.3) is 10.9 Å². The number of piperazine rings is 1. The fourth-order valence-electron chi connectivity index (χ4n) is 3.78. The van der Waals surface area contributed by atoms with Crippen molar-refractivity contribution in [3.8, 4) is 0 Å². The van der Waals surface area contributed by atoms with E-state index in [1.165, 1.54) is 16.5 Å². The SMILES string of the molecule is Cc1cc(N2CCN(C(=O)Cc3ccc(Br)cc3)CC2)nc2c(C)cccc12. The highest BCUT2D eigenvalue weighted by molar-refractivity contribution is 9.10. The fraction of sp³-hybridized carbons (Fsp3) is 0.304. The van der Waals surface area contributed by atoms with Gasteiger partial charge in [-0.1, -0.05) is 46.3 Å². The first-order valence-corrected chi connectivity index (χ1v) is 10.4. The van der Waals surface area contributed by atoms with E-state index >= 15 is 0 Å². The average molecular weight is 438 g/mol. The summed E-state index contributed by atoms with van der Waals surface area (Å²) in [5, 5.41) is 1.21. The van der Waals surface area contributed by atoms with Crippen LogP contribution in [0.4, 0.5) is 5.82 Å². The van der Waals surface area contributed by atoms with Crippen LogP contribution in [0.3, 0.4) is 0 Å². The first-order chi connectivity index (χ1) is 13.5. The topological polar surface area (TPSA) is 36.4 Å². The van der Waals surface area contributed by atoms with Crippen molar-refractivity contribution in [1.29, 1.82) is 0 Å². The van der Waals surface area contributed by atoms with Crippen LogP contribution in [0.15, 0.2) is 53.0 Å². The molecule has 0 atom stereocenters. The van der Waals surface area contributed by atoms with Crippen molar-refractivity contribution in [2.75, 3.05) is 31.1 Å². The summed E-state index contributed by atoms with van der Waals surface area (Å²) in [6, 6.07) is 16.5. The van der Waals surface area contributed by atoms with Gasteiger partial charge in [-0.15, -0.1) is 0 Å². The Bertz CT molecular complexity index is 1010. The van der Waals surface area contributed by atoms with Gasteiger partial charge in [-0.3, -0.25) is 4.79 Å². The van der Waals surface area contributed by atoms with E-state index in [-0.39, 0.29) is 5.91 Å². The van der Waals surface area contributed by atoms with Crippen molar-refractivity contribution in [1.82, 2.24) is 9.88 Å². The van der Waals surface area contributed by atoms with Crippen LogP contribution >= 0.6 is 15.9 Å². The molecule has 28 heavy (non-hydrogen) atoms. The molecule has 144 valence electrons. The number of hydrogen-bond acceptors (Lipinski definition) is 3. The fourth-order valence-corrected chi connectivity index (χ4v) is 4.04. The zero-order valence-corrected chi connectivity index (χ0v) is 17.9. The quantitative estimate of drug-likeness (QED) is 0.604. The van der Waals surface area contributed by atoms with Crippen LogP contribution in [0.1, 0.15) is 16.7 Å². The predicted molar refractivity (Wildman–Crippen MR) is 118 cm³/mol. The van der Waals surface area contributed by atoms with Gasteiger partial charge in [0.25, 0.3) is 0 Å². The van der Waals surface area contributed by atoms with E-state index in [1.807, 2.05) is 29.2 Å². The summed E-state index contributed by atoms with van der Waals surface area (Å²) in [5.41, 5.74) is 4.58. The number of rotatable bonds is 3. The van der Waals surface area contributed by atoms with Crippen molar-refractivity contribution in [2.45, 2.75) is 20.3 Å². The number of aromatic nitrogens is 1. The summed E-state index contributed by atoms with van der Waals surface area (Å²) < 4.78 is 1.03. The number of pyridine rings is 1. The number of anilines is 1. The smallest absolute Gasteiger partial charge is 0.227 e. The molecule has 0 bridgehead atoms. The Balaban J connectivity index is 1.44. The molecule has 1 saturated heterocycles. The number of carbonyl (C=O) groups is 1. The molecular formula is C23H24BrN3O.